The summed E-state index contributed by atoms with van der Waals surface area (Å²) in [6.07, 6.45) is 5.51. The van der Waals surface area contributed by atoms with Gasteiger partial charge in [0.2, 0.25) is 11.8 Å². The van der Waals surface area contributed by atoms with E-state index in [0.29, 0.717) is 18.1 Å². The Balaban J connectivity index is 1.77. The van der Waals surface area contributed by atoms with Gasteiger partial charge in [-0.2, -0.15) is 4.98 Å². The maximum absolute atomic E-state index is 12.4. The van der Waals surface area contributed by atoms with Crippen molar-refractivity contribution in [3.63, 3.8) is 0 Å². The first-order chi connectivity index (χ1) is 10.2. The molecule has 1 aliphatic rings. The Morgan fingerprint density at radius 1 is 1.43 bits per heavy atom. The molecule has 5 nitrogen and oxygen atoms in total. The van der Waals surface area contributed by atoms with E-state index < -0.39 is 5.54 Å². The van der Waals surface area contributed by atoms with Crippen LogP contribution >= 0.6 is 11.3 Å². The van der Waals surface area contributed by atoms with Crippen LogP contribution in [0.2, 0.25) is 0 Å². The molecule has 2 aromatic heterocycles. The number of hydrogen-bond acceptors (Lipinski definition) is 5. The molecule has 0 bridgehead atoms. The molecular weight excluding hydrogens is 286 g/mol. The second-order valence-corrected chi connectivity index (χ2v) is 6.62. The molecule has 0 aliphatic heterocycles. The molecule has 1 amide bonds. The zero-order valence-electron chi connectivity index (χ0n) is 12.1. The van der Waals surface area contributed by atoms with Crippen molar-refractivity contribution >= 4 is 17.2 Å². The summed E-state index contributed by atoms with van der Waals surface area (Å²) in [6.45, 7) is 1.78. The molecule has 112 valence electrons. The number of thiophene rings is 1. The predicted octanol–water partition coefficient (Wildman–Crippen LogP) is 2.96. The molecule has 1 saturated carbocycles. The number of hydrogen-bond donors (Lipinski definition) is 1. The largest absolute Gasteiger partial charge is 0.343 e. The fraction of sp³-hybridized carbons (Fsp3) is 0.533. The molecule has 0 atom stereocenters. The van der Waals surface area contributed by atoms with Gasteiger partial charge in [-0.05, 0) is 24.3 Å². The summed E-state index contributed by atoms with van der Waals surface area (Å²) in [7, 11) is 0. The zero-order valence-corrected chi connectivity index (χ0v) is 12.9. The third-order valence-corrected chi connectivity index (χ3v) is 4.83. The van der Waals surface area contributed by atoms with Gasteiger partial charge < -0.3 is 9.84 Å². The Morgan fingerprint density at radius 2 is 2.24 bits per heavy atom. The summed E-state index contributed by atoms with van der Waals surface area (Å²) in [5.41, 5.74) is -0.454. The van der Waals surface area contributed by atoms with Gasteiger partial charge in [-0.1, -0.05) is 30.5 Å². The van der Waals surface area contributed by atoms with E-state index in [0.717, 1.165) is 30.6 Å². The lowest BCUT2D eigenvalue weighted by molar-refractivity contribution is -0.123. The summed E-state index contributed by atoms with van der Waals surface area (Å²) >= 11 is 1.60. The molecule has 21 heavy (non-hydrogen) atoms. The molecule has 0 radical (unpaired) electrons. The van der Waals surface area contributed by atoms with Crippen molar-refractivity contribution in [3.05, 3.63) is 34.1 Å². The SMILES string of the molecule is Cc1nc(C2(NC(=O)Cc3cccs3)CCCCC2)no1. The van der Waals surface area contributed by atoms with Crippen LogP contribution in [-0.2, 0) is 16.8 Å². The van der Waals surface area contributed by atoms with Crippen molar-refractivity contribution in [2.24, 2.45) is 0 Å². The number of aromatic nitrogens is 2. The van der Waals surface area contributed by atoms with Crippen LogP contribution in [0.5, 0.6) is 0 Å². The smallest absolute Gasteiger partial charge is 0.226 e. The maximum Gasteiger partial charge on any atom is 0.226 e. The predicted molar refractivity (Wildman–Crippen MR) is 80.0 cm³/mol. The molecule has 0 saturated heterocycles. The van der Waals surface area contributed by atoms with Gasteiger partial charge >= 0.3 is 0 Å². The second kappa shape index (κ2) is 5.97. The Morgan fingerprint density at radius 3 is 2.86 bits per heavy atom. The molecule has 1 fully saturated rings. The molecule has 3 rings (SSSR count). The number of carbonyl (C=O) groups excluding carboxylic acids is 1. The van der Waals surface area contributed by atoms with Gasteiger partial charge in [0.15, 0.2) is 5.82 Å². The Labute approximate surface area is 127 Å². The molecule has 1 N–H and O–H groups in total. The van der Waals surface area contributed by atoms with Crippen molar-refractivity contribution < 1.29 is 9.32 Å². The summed E-state index contributed by atoms with van der Waals surface area (Å²) in [4.78, 5) is 17.8. The molecule has 6 heteroatoms. The van der Waals surface area contributed by atoms with Gasteiger partial charge in [-0.25, -0.2) is 0 Å². The average molecular weight is 305 g/mol. The third kappa shape index (κ3) is 3.15. The van der Waals surface area contributed by atoms with Crippen molar-refractivity contribution in [1.29, 1.82) is 0 Å². The lowest BCUT2D eigenvalue weighted by Gasteiger charge is -2.35. The Hall–Kier alpha value is -1.69. The average Bonchev–Trinajstić information content (AvgIpc) is 3.11. The van der Waals surface area contributed by atoms with E-state index in [9.17, 15) is 4.79 Å². The van der Waals surface area contributed by atoms with Crippen LogP contribution in [0.15, 0.2) is 22.0 Å². The molecule has 2 heterocycles. The van der Waals surface area contributed by atoms with Crippen molar-refractivity contribution in [3.8, 4) is 0 Å². The van der Waals surface area contributed by atoms with Crippen molar-refractivity contribution in [2.75, 3.05) is 0 Å². The molecule has 1 aliphatic carbocycles. The van der Waals surface area contributed by atoms with Crippen LogP contribution in [0.3, 0.4) is 0 Å². The third-order valence-electron chi connectivity index (χ3n) is 3.96. The summed E-state index contributed by atoms with van der Waals surface area (Å²) < 4.78 is 5.12. The highest BCUT2D eigenvalue weighted by Crippen LogP contribution is 2.35. The van der Waals surface area contributed by atoms with Gasteiger partial charge in [0, 0.05) is 11.8 Å². The number of nitrogens with one attached hydrogen (secondary N) is 1. The van der Waals surface area contributed by atoms with E-state index in [4.69, 9.17) is 4.52 Å². The topological polar surface area (TPSA) is 68.0 Å². The van der Waals surface area contributed by atoms with Gasteiger partial charge in [-0.3, -0.25) is 4.79 Å². The highest BCUT2D eigenvalue weighted by Gasteiger charge is 2.39. The molecular formula is C15H19N3O2S. The number of rotatable bonds is 4. The van der Waals surface area contributed by atoms with E-state index in [1.807, 2.05) is 17.5 Å². The van der Waals surface area contributed by atoms with Crippen LogP contribution in [0.25, 0.3) is 0 Å². The Kier molecular flexibility index (Phi) is 4.05. The normalized spacial score (nSPS) is 17.6. The first-order valence-electron chi connectivity index (χ1n) is 7.32. The highest BCUT2D eigenvalue weighted by atomic mass is 32.1. The molecule has 0 spiro atoms. The summed E-state index contributed by atoms with van der Waals surface area (Å²) in [5, 5.41) is 9.23. The fourth-order valence-corrected chi connectivity index (χ4v) is 3.64. The number of aryl methyl sites for hydroxylation is 1. The lowest BCUT2D eigenvalue weighted by Crippen LogP contribution is -2.48. The van der Waals surface area contributed by atoms with Crippen molar-refractivity contribution in [1.82, 2.24) is 15.5 Å². The van der Waals surface area contributed by atoms with E-state index in [1.54, 1.807) is 18.3 Å². The van der Waals surface area contributed by atoms with Crippen LogP contribution < -0.4 is 5.32 Å². The standard InChI is InChI=1S/C15H19N3O2S/c1-11-16-14(18-20-11)15(7-3-2-4-8-15)17-13(19)10-12-6-5-9-21-12/h5-6,9H,2-4,7-8,10H2,1H3,(H,17,19). The Bertz CT molecular complexity index is 600. The number of carbonyl (C=O) groups is 1. The zero-order chi connectivity index (χ0) is 14.7. The maximum atomic E-state index is 12.4. The monoisotopic (exact) mass is 305 g/mol. The second-order valence-electron chi connectivity index (χ2n) is 5.58. The number of nitrogens with zero attached hydrogens (tertiary/aromatic N) is 2. The van der Waals surface area contributed by atoms with E-state index in [-0.39, 0.29) is 5.91 Å². The lowest BCUT2D eigenvalue weighted by atomic mass is 9.81. The van der Waals surface area contributed by atoms with Gasteiger partial charge in [-0.15, -0.1) is 11.3 Å². The first-order valence-corrected chi connectivity index (χ1v) is 8.20. The number of amides is 1. The van der Waals surface area contributed by atoms with Crippen molar-refractivity contribution in [2.45, 2.75) is 51.0 Å². The minimum Gasteiger partial charge on any atom is -0.343 e. The highest BCUT2D eigenvalue weighted by molar-refractivity contribution is 7.10. The van der Waals surface area contributed by atoms with Crippen LogP contribution in [0.1, 0.15) is 48.7 Å². The van der Waals surface area contributed by atoms with Crippen LogP contribution in [0, 0.1) is 6.92 Å². The quantitative estimate of drug-likeness (QED) is 0.943. The minimum atomic E-state index is -0.454. The van der Waals surface area contributed by atoms with Gasteiger partial charge in [0.05, 0.1) is 6.42 Å². The first kappa shape index (κ1) is 14.3. The summed E-state index contributed by atoms with van der Waals surface area (Å²) in [6, 6.07) is 3.95. The van der Waals surface area contributed by atoms with Crippen LogP contribution in [-0.4, -0.2) is 16.0 Å². The molecule has 0 unspecified atom stereocenters. The minimum absolute atomic E-state index is 0.0294. The van der Waals surface area contributed by atoms with Gasteiger partial charge in [0.25, 0.3) is 0 Å². The van der Waals surface area contributed by atoms with Crippen LogP contribution in [0.4, 0.5) is 0 Å². The van der Waals surface area contributed by atoms with Gasteiger partial charge in [0.1, 0.15) is 5.54 Å². The fourth-order valence-electron chi connectivity index (χ4n) is 2.94. The molecule has 0 aromatic carbocycles. The van der Waals surface area contributed by atoms with E-state index >= 15 is 0 Å². The van der Waals surface area contributed by atoms with E-state index in [1.165, 1.54) is 6.42 Å². The summed E-state index contributed by atoms with van der Waals surface area (Å²) in [5.74, 6) is 1.20. The van der Waals surface area contributed by atoms with E-state index in [2.05, 4.69) is 15.5 Å². The molecule has 2 aromatic rings.